The Morgan fingerprint density at radius 1 is 0.585 bits per heavy atom. The summed E-state index contributed by atoms with van der Waals surface area (Å²) in [5.41, 5.74) is 3.23. The molecule has 0 amide bonds. The normalized spacial score (nSPS) is 19.7. The molecule has 0 aliphatic heterocycles. The van der Waals surface area contributed by atoms with Crippen LogP contribution in [0.15, 0.2) is 96.5 Å². The molecule has 0 atom stereocenters. The van der Waals surface area contributed by atoms with Gasteiger partial charge in [0, 0.05) is 16.6 Å². The number of esters is 4. The number of halogens is 1. The summed E-state index contributed by atoms with van der Waals surface area (Å²) in [5.74, 6) is 0.624. The van der Waals surface area contributed by atoms with Crippen LogP contribution in [0.5, 0.6) is 11.5 Å². The molecule has 0 radical (unpaired) electrons. The molecular weight excluding hydrogens is 736 g/mol. The molecule has 0 saturated heterocycles. The van der Waals surface area contributed by atoms with Gasteiger partial charge in [-0.1, -0.05) is 53.4 Å². The standard InChI is InChI=1S/C44H49BrO8/c1-3-41(46)50-27-5-7-30-9-13-32(14-10-30)34-17-21-36(22-18-34)43(48)52-39-26-25-38(45)29-40(39)53-44(49)37-23-19-35(20-24-37)33-15-11-31(12-16-33)8-6-28-51-42(47)4-2/h3-4,17-26,29-33H,1-2,5-16,27-28H2. The molecule has 2 fully saturated rings. The van der Waals surface area contributed by atoms with E-state index >= 15 is 0 Å². The van der Waals surface area contributed by atoms with Gasteiger partial charge in [-0.25, -0.2) is 19.2 Å². The topological polar surface area (TPSA) is 105 Å². The monoisotopic (exact) mass is 784 g/mol. The van der Waals surface area contributed by atoms with Crippen LogP contribution in [0.3, 0.4) is 0 Å². The van der Waals surface area contributed by atoms with Gasteiger partial charge >= 0.3 is 23.9 Å². The molecule has 3 aromatic carbocycles. The predicted molar refractivity (Wildman–Crippen MR) is 207 cm³/mol. The van der Waals surface area contributed by atoms with Crippen LogP contribution in [-0.4, -0.2) is 37.1 Å². The van der Waals surface area contributed by atoms with Gasteiger partial charge in [0.05, 0.1) is 24.3 Å². The van der Waals surface area contributed by atoms with Crippen molar-refractivity contribution < 1.29 is 38.1 Å². The lowest BCUT2D eigenvalue weighted by Gasteiger charge is -2.29. The third-order valence-corrected chi connectivity index (χ3v) is 11.1. The molecule has 2 aliphatic rings. The Morgan fingerprint density at radius 3 is 1.42 bits per heavy atom. The molecule has 280 valence electrons. The number of carbonyl (C=O) groups is 4. The van der Waals surface area contributed by atoms with Crippen LogP contribution in [-0.2, 0) is 19.1 Å². The zero-order chi connectivity index (χ0) is 37.6. The van der Waals surface area contributed by atoms with Crippen molar-refractivity contribution in [3.05, 3.63) is 119 Å². The van der Waals surface area contributed by atoms with Crippen molar-refractivity contribution in [3.8, 4) is 11.5 Å². The fraction of sp³-hybridized carbons (Fsp3) is 0.409. The molecule has 53 heavy (non-hydrogen) atoms. The summed E-state index contributed by atoms with van der Waals surface area (Å²) < 4.78 is 22.4. The fourth-order valence-electron chi connectivity index (χ4n) is 7.52. The smallest absolute Gasteiger partial charge is 0.343 e. The van der Waals surface area contributed by atoms with Gasteiger partial charge in [0.1, 0.15) is 0 Å². The van der Waals surface area contributed by atoms with Crippen molar-refractivity contribution in [2.75, 3.05) is 13.2 Å². The van der Waals surface area contributed by atoms with E-state index < -0.39 is 11.9 Å². The number of hydrogen-bond donors (Lipinski definition) is 0. The summed E-state index contributed by atoms with van der Waals surface area (Å²) in [5, 5.41) is 0. The Balaban J connectivity index is 1.09. The van der Waals surface area contributed by atoms with Crippen LogP contribution in [0.4, 0.5) is 0 Å². The van der Waals surface area contributed by atoms with Crippen molar-refractivity contribution in [2.24, 2.45) is 11.8 Å². The van der Waals surface area contributed by atoms with Gasteiger partial charge in [-0.15, -0.1) is 0 Å². The lowest BCUT2D eigenvalue weighted by Crippen LogP contribution is -2.15. The highest BCUT2D eigenvalue weighted by molar-refractivity contribution is 9.10. The largest absolute Gasteiger partial charge is 0.463 e. The molecule has 0 N–H and O–H groups in total. The summed E-state index contributed by atoms with van der Waals surface area (Å²) >= 11 is 3.43. The summed E-state index contributed by atoms with van der Waals surface area (Å²) in [7, 11) is 0. The average Bonchev–Trinajstić information content (AvgIpc) is 3.19. The summed E-state index contributed by atoms with van der Waals surface area (Å²) in [4.78, 5) is 48.9. The maximum absolute atomic E-state index is 13.2. The summed E-state index contributed by atoms with van der Waals surface area (Å²) in [6, 6.07) is 20.1. The maximum atomic E-state index is 13.2. The van der Waals surface area contributed by atoms with E-state index in [0.29, 0.717) is 52.5 Å². The molecule has 0 aromatic heterocycles. The highest BCUT2D eigenvalue weighted by Gasteiger charge is 2.25. The lowest BCUT2D eigenvalue weighted by molar-refractivity contribution is -0.138. The summed E-state index contributed by atoms with van der Waals surface area (Å²) in [6.45, 7) is 7.72. The molecule has 0 spiro atoms. The minimum atomic E-state index is -0.539. The summed E-state index contributed by atoms with van der Waals surface area (Å²) in [6.07, 6.45) is 15.0. The van der Waals surface area contributed by atoms with Crippen molar-refractivity contribution in [1.29, 1.82) is 0 Å². The first-order valence-corrected chi connectivity index (χ1v) is 19.5. The minimum absolute atomic E-state index is 0.145. The van der Waals surface area contributed by atoms with Gasteiger partial charge in [-0.05, 0) is 154 Å². The van der Waals surface area contributed by atoms with Crippen LogP contribution < -0.4 is 9.47 Å². The van der Waals surface area contributed by atoms with Crippen LogP contribution in [0.25, 0.3) is 0 Å². The van der Waals surface area contributed by atoms with Crippen molar-refractivity contribution >= 4 is 39.8 Å². The van der Waals surface area contributed by atoms with E-state index in [-0.39, 0.29) is 23.4 Å². The first kappa shape index (κ1) is 39.7. The SMILES string of the molecule is C=CC(=O)OCCCC1CCC(c2ccc(C(=O)Oc3ccc(Br)cc3OC(=O)c3ccc(C4CCC(CCCOC(=O)C=C)CC4)cc3)cc2)CC1. The Morgan fingerprint density at radius 2 is 1.00 bits per heavy atom. The van der Waals surface area contributed by atoms with E-state index in [1.165, 1.54) is 23.3 Å². The third-order valence-electron chi connectivity index (χ3n) is 10.6. The average molecular weight is 786 g/mol. The molecule has 9 heteroatoms. The van der Waals surface area contributed by atoms with E-state index in [2.05, 4.69) is 29.1 Å². The zero-order valence-corrected chi connectivity index (χ0v) is 31.9. The Bertz CT molecular complexity index is 1710. The Kier molecular flexibility index (Phi) is 15.0. The second kappa shape index (κ2) is 20.1. The predicted octanol–water partition coefficient (Wildman–Crippen LogP) is 10.5. The Hall–Kier alpha value is -4.50. The zero-order valence-electron chi connectivity index (χ0n) is 30.3. The maximum Gasteiger partial charge on any atom is 0.343 e. The highest BCUT2D eigenvalue weighted by Crippen LogP contribution is 2.39. The highest BCUT2D eigenvalue weighted by atomic mass is 79.9. The van der Waals surface area contributed by atoms with Gasteiger partial charge in [-0.2, -0.15) is 0 Å². The molecule has 5 rings (SSSR count). The second-order valence-electron chi connectivity index (χ2n) is 14.1. The van der Waals surface area contributed by atoms with Gasteiger partial charge in [0.2, 0.25) is 0 Å². The molecule has 3 aromatic rings. The van der Waals surface area contributed by atoms with Crippen molar-refractivity contribution in [3.63, 3.8) is 0 Å². The number of carbonyl (C=O) groups excluding carboxylic acids is 4. The van der Waals surface area contributed by atoms with Crippen LogP contribution in [0.2, 0.25) is 0 Å². The molecule has 2 saturated carbocycles. The lowest BCUT2D eigenvalue weighted by atomic mass is 9.77. The minimum Gasteiger partial charge on any atom is -0.463 e. The molecule has 2 aliphatic carbocycles. The van der Waals surface area contributed by atoms with E-state index in [0.717, 1.165) is 77.0 Å². The number of benzene rings is 3. The first-order valence-electron chi connectivity index (χ1n) is 18.7. The molecule has 0 heterocycles. The van der Waals surface area contributed by atoms with Gasteiger partial charge in [0.25, 0.3) is 0 Å². The van der Waals surface area contributed by atoms with Crippen LogP contribution in [0, 0.1) is 11.8 Å². The quantitative estimate of drug-likeness (QED) is 0.0612. The van der Waals surface area contributed by atoms with E-state index in [4.69, 9.17) is 18.9 Å². The van der Waals surface area contributed by atoms with Crippen LogP contribution in [0.1, 0.15) is 121 Å². The Labute approximate surface area is 321 Å². The number of rotatable bonds is 16. The first-order chi connectivity index (χ1) is 25.7. The molecule has 8 nitrogen and oxygen atoms in total. The second-order valence-corrected chi connectivity index (χ2v) is 15.0. The van der Waals surface area contributed by atoms with Gasteiger partial charge in [0.15, 0.2) is 11.5 Å². The van der Waals surface area contributed by atoms with Crippen LogP contribution >= 0.6 is 15.9 Å². The fourth-order valence-corrected chi connectivity index (χ4v) is 7.86. The van der Waals surface area contributed by atoms with E-state index in [1.807, 2.05) is 24.3 Å². The molecule has 0 unspecified atom stereocenters. The van der Waals surface area contributed by atoms with Crippen molar-refractivity contribution in [2.45, 2.75) is 88.9 Å². The third kappa shape index (κ3) is 12.0. The number of hydrogen-bond acceptors (Lipinski definition) is 8. The molecule has 0 bridgehead atoms. The van der Waals surface area contributed by atoms with E-state index in [9.17, 15) is 19.2 Å². The van der Waals surface area contributed by atoms with Gasteiger partial charge in [-0.3, -0.25) is 0 Å². The van der Waals surface area contributed by atoms with E-state index in [1.54, 1.807) is 42.5 Å². The molecular formula is C44H49BrO8. The number of ether oxygens (including phenoxy) is 4. The van der Waals surface area contributed by atoms with Gasteiger partial charge < -0.3 is 18.9 Å². The van der Waals surface area contributed by atoms with Crippen molar-refractivity contribution in [1.82, 2.24) is 0 Å².